The number of rotatable bonds is 3. The molecule has 0 aromatic heterocycles. The Morgan fingerprint density at radius 3 is 2.71 bits per heavy atom. The number of carbonyl (C=O) groups is 1. The topological polar surface area (TPSA) is 38.3 Å². The van der Waals surface area contributed by atoms with Crippen LogP contribution in [-0.2, 0) is 0 Å². The Labute approximate surface area is 128 Å². The van der Waals surface area contributed by atoms with Crippen LogP contribution in [0.4, 0.5) is 0 Å². The van der Waals surface area contributed by atoms with Crippen molar-refractivity contribution in [2.45, 2.75) is 17.4 Å². The van der Waals surface area contributed by atoms with Crippen molar-refractivity contribution in [3.8, 4) is 5.75 Å². The predicted molar refractivity (Wildman–Crippen MR) is 85.0 cm³/mol. The summed E-state index contributed by atoms with van der Waals surface area (Å²) in [6.07, 6.45) is 2.82. The Morgan fingerprint density at radius 1 is 1.19 bits per heavy atom. The van der Waals surface area contributed by atoms with Crippen molar-refractivity contribution in [3.05, 3.63) is 59.7 Å². The van der Waals surface area contributed by atoms with Crippen molar-refractivity contribution >= 4 is 17.7 Å². The summed E-state index contributed by atoms with van der Waals surface area (Å²) >= 11 is 1.67. The summed E-state index contributed by atoms with van der Waals surface area (Å²) in [7, 11) is 0. The van der Waals surface area contributed by atoms with E-state index in [0.717, 1.165) is 22.6 Å². The first-order valence-electron chi connectivity index (χ1n) is 6.94. The fraction of sp³-hybridized carbons (Fsp3) is 0.235. The van der Waals surface area contributed by atoms with Crippen molar-refractivity contribution in [1.29, 1.82) is 0 Å². The minimum atomic E-state index is -0.0376. The van der Waals surface area contributed by atoms with Crippen LogP contribution in [0.25, 0.3) is 0 Å². The summed E-state index contributed by atoms with van der Waals surface area (Å²) in [6.45, 7) is 0.632. The number of ether oxygens (including phenoxy) is 1. The molecule has 1 atom stereocenters. The van der Waals surface area contributed by atoms with Crippen LogP contribution in [0.5, 0.6) is 5.75 Å². The maximum atomic E-state index is 12.4. The van der Waals surface area contributed by atoms with Gasteiger partial charge in [-0.15, -0.1) is 11.8 Å². The molecule has 0 saturated heterocycles. The zero-order valence-corrected chi connectivity index (χ0v) is 12.7. The minimum Gasteiger partial charge on any atom is -0.493 e. The van der Waals surface area contributed by atoms with Crippen molar-refractivity contribution in [2.24, 2.45) is 0 Å². The van der Waals surface area contributed by atoms with Crippen molar-refractivity contribution in [1.82, 2.24) is 5.32 Å². The highest BCUT2D eigenvalue weighted by Crippen LogP contribution is 2.31. The summed E-state index contributed by atoms with van der Waals surface area (Å²) in [4.78, 5) is 13.5. The first-order valence-corrected chi connectivity index (χ1v) is 8.17. The van der Waals surface area contributed by atoms with Crippen LogP contribution in [0.2, 0.25) is 0 Å². The molecule has 0 aliphatic carbocycles. The van der Waals surface area contributed by atoms with E-state index in [1.54, 1.807) is 11.8 Å². The summed E-state index contributed by atoms with van der Waals surface area (Å²) < 4.78 is 5.62. The lowest BCUT2D eigenvalue weighted by Gasteiger charge is -2.26. The molecule has 108 valence electrons. The number of para-hydroxylation sites is 1. The van der Waals surface area contributed by atoms with Gasteiger partial charge in [0.2, 0.25) is 0 Å². The Hall–Kier alpha value is -1.94. The molecule has 3 nitrogen and oxygen atoms in total. The van der Waals surface area contributed by atoms with E-state index < -0.39 is 0 Å². The van der Waals surface area contributed by atoms with Crippen LogP contribution >= 0.6 is 11.8 Å². The lowest BCUT2D eigenvalue weighted by Crippen LogP contribution is -2.32. The Morgan fingerprint density at radius 2 is 1.95 bits per heavy atom. The van der Waals surface area contributed by atoms with Crippen LogP contribution < -0.4 is 10.1 Å². The molecule has 2 aromatic carbocycles. The Balaban J connectivity index is 1.76. The van der Waals surface area contributed by atoms with Gasteiger partial charge in [-0.05, 0) is 36.6 Å². The molecule has 0 spiro atoms. The van der Waals surface area contributed by atoms with Crippen molar-refractivity contribution in [2.75, 3.05) is 12.9 Å². The average molecular weight is 299 g/mol. The smallest absolute Gasteiger partial charge is 0.251 e. The summed E-state index contributed by atoms with van der Waals surface area (Å²) in [5, 5.41) is 3.10. The third kappa shape index (κ3) is 3.05. The number of amides is 1. The van der Waals surface area contributed by atoms with Crippen molar-refractivity contribution < 1.29 is 9.53 Å². The molecule has 0 unspecified atom stereocenters. The molecule has 1 aliphatic rings. The highest BCUT2D eigenvalue weighted by atomic mass is 32.2. The highest BCUT2D eigenvalue weighted by molar-refractivity contribution is 7.98. The normalized spacial score (nSPS) is 16.7. The lowest BCUT2D eigenvalue weighted by atomic mass is 10.00. The predicted octanol–water partition coefficient (Wildman–Crippen LogP) is 3.66. The third-order valence-electron chi connectivity index (χ3n) is 3.62. The molecule has 0 radical (unpaired) electrons. The molecule has 3 rings (SSSR count). The zero-order chi connectivity index (χ0) is 14.7. The summed E-state index contributed by atoms with van der Waals surface area (Å²) in [5.41, 5.74) is 1.75. The lowest BCUT2D eigenvalue weighted by molar-refractivity contribution is 0.0924. The average Bonchev–Trinajstić information content (AvgIpc) is 2.55. The number of fused-ring (bicyclic) bond motifs is 1. The van der Waals surface area contributed by atoms with E-state index in [1.807, 2.05) is 54.8 Å². The second-order valence-corrected chi connectivity index (χ2v) is 5.81. The molecule has 4 heteroatoms. The molecule has 1 aliphatic heterocycles. The van der Waals surface area contributed by atoms with Gasteiger partial charge in [-0.3, -0.25) is 4.79 Å². The fourth-order valence-corrected chi connectivity index (χ4v) is 2.88. The molecule has 0 saturated carbocycles. The van der Waals surface area contributed by atoms with Crippen LogP contribution in [0.3, 0.4) is 0 Å². The van der Waals surface area contributed by atoms with Crippen LogP contribution in [0, 0.1) is 0 Å². The van der Waals surface area contributed by atoms with E-state index >= 15 is 0 Å². The van der Waals surface area contributed by atoms with E-state index in [0.29, 0.717) is 12.2 Å². The molecular weight excluding hydrogens is 282 g/mol. The largest absolute Gasteiger partial charge is 0.493 e. The fourth-order valence-electron chi connectivity index (χ4n) is 2.48. The van der Waals surface area contributed by atoms with Crippen LogP contribution in [0.15, 0.2) is 53.4 Å². The number of benzene rings is 2. The quantitative estimate of drug-likeness (QED) is 0.879. The molecule has 0 bridgehead atoms. The first kappa shape index (κ1) is 14.0. The molecule has 1 amide bonds. The first-order chi connectivity index (χ1) is 10.3. The molecule has 0 fully saturated rings. The molecule has 1 heterocycles. The van der Waals surface area contributed by atoms with Gasteiger partial charge >= 0.3 is 0 Å². The SMILES string of the molecule is CSc1ccc(C(=O)N[C@H]2CCOc3ccccc32)cc1. The van der Waals surface area contributed by atoms with E-state index in [1.165, 1.54) is 0 Å². The van der Waals surface area contributed by atoms with Gasteiger partial charge in [0.1, 0.15) is 5.75 Å². The molecule has 1 N–H and O–H groups in total. The van der Waals surface area contributed by atoms with Gasteiger partial charge in [-0.25, -0.2) is 0 Å². The van der Waals surface area contributed by atoms with Gasteiger partial charge in [-0.1, -0.05) is 18.2 Å². The number of hydrogen-bond donors (Lipinski definition) is 1. The van der Waals surface area contributed by atoms with Gasteiger partial charge in [0.25, 0.3) is 5.91 Å². The van der Waals surface area contributed by atoms with E-state index in [2.05, 4.69) is 5.32 Å². The van der Waals surface area contributed by atoms with Crippen LogP contribution in [-0.4, -0.2) is 18.8 Å². The highest BCUT2D eigenvalue weighted by Gasteiger charge is 2.22. The van der Waals surface area contributed by atoms with Gasteiger partial charge in [0.15, 0.2) is 0 Å². The minimum absolute atomic E-state index is 0.0164. The van der Waals surface area contributed by atoms with Crippen molar-refractivity contribution in [3.63, 3.8) is 0 Å². The number of carbonyl (C=O) groups excluding carboxylic acids is 1. The van der Waals surface area contributed by atoms with Gasteiger partial charge in [0, 0.05) is 22.4 Å². The zero-order valence-electron chi connectivity index (χ0n) is 11.8. The van der Waals surface area contributed by atoms with Crippen LogP contribution in [0.1, 0.15) is 28.4 Å². The number of nitrogens with one attached hydrogen (secondary N) is 1. The molecule has 21 heavy (non-hydrogen) atoms. The van der Waals surface area contributed by atoms with Gasteiger partial charge in [0.05, 0.1) is 12.6 Å². The van der Waals surface area contributed by atoms with E-state index in [9.17, 15) is 4.79 Å². The van der Waals surface area contributed by atoms with E-state index in [-0.39, 0.29) is 11.9 Å². The van der Waals surface area contributed by atoms with Gasteiger partial charge < -0.3 is 10.1 Å². The second-order valence-electron chi connectivity index (χ2n) is 4.93. The second kappa shape index (κ2) is 6.22. The Bertz CT molecular complexity index is 639. The third-order valence-corrected chi connectivity index (χ3v) is 4.36. The molecule has 2 aromatic rings. The van der Waals surface area contributed by atoms with E-state index in [4.69, 9.17) is 4.74 Å². The monoisotopic (exact) mass is 299 g/mol. The summed E-state index contributed by atoms with van der Waals surface area (Å²) in [5.74, 6) is 0.830. The molecular formula is C17H17NO2S. The maximum absolute atomic E-state index is 12.4. The maximum Gasteiger partial charge on any atom is 0.251 e. The van der Waals surface area contributed by atoms with Gasteiger partial charge in [-0.2, -0.15) is 0 Å². The number of thioether (sulfide) groups is 1. The standard InChI is InChI=1S/C17H17NO2S/c1-21-13-8-6-12(7-9-13)17(19)18-15-10-11-20-16-5-3-2-4-14(15)16/h2-9,15H,10-11H2,1H3,(H,18,19)/t15-/m0/s1. The summed E-state index contributed by atoms with van der Waals surface area (Å²) in [6, 6.07) is 15.6. The number of hydrogen-bond acceptors (Lipinski definition) is 3. The Kier molecular flexibility index (Phi) is 4.15.